The van der Waals surface area contributed by atoms with E-state index >= 15 is 0 Å². The predicted molar refractivity (Wildman–Crippen MR) is 188 cm³/mol. The second-order valence-electron chi connectivity index (χ2n) is 17.6. The van der Waals surface area contributed by atoms with Crippen LogP contribution >= 0.6 is 0 Å². The summed E-state index contributed by atoms with van der Waals surface area (Å²) < 4.78 is 0. The van der Waals surface area contributed by atoms with Crippen LogP contribution in [0.25, 0.3) is 5.57 Å². The Morgan fingerprint density at radius 3 is 2.28 bits per heavy atom. The summed E-state index contributed by atoms with van der Waals surface area (Å²) >= 11 is 0. The van der Waals surface area contributed by atoms with Gasteiger partial charge in [0.1, 0.15) is 0 Å². The van der Waals surface area contributed by atoms with Crippen molar-refractivity contribution in [2.75, 3.05) is 19.7 Å². The van der Waals surface area contributed by atoms with Gasteiger partial charge in [0.25, 0.3) is 0 Å². The quantitative estimate of drug-likeness (QED) is 0.142. The van der Waals surface area contributed by atoms with Crippen LogP contribution in [0.15, 0.2) is 42.5 Å². The summed E-state index contributed by atoms with van der Waals surface area (Å²) in [4.78, 5) is 29.1. The summed E-state index contributed by atoms with van der Waals surface area (Å²) in [5, 5.41) is 12.3. The van der Waals surface area contributed by atoms with Gasteiger partial charge in [-0.2, -0.15) is 0 Å². The van der Waals surface area contributed by atoms with Gasteiger partial charge in [-0.1, -0.05) is 65.0 Å². The molecule has 0 aliphatic heterocycles. The summed E-state index contributed by atoms with van der Waals surface area (Å²) in [6, 6.07) is 7.57. The largest absolute Gasteiger partial charge is 0.478 e. The molecule has 5 aliphatic carbocycles. The van der Waals surface area contributed by atoms with E-state index in [4.69, 9.17) is 4.84 Å². The summed E-state index contributed by atoms with van der Waals surface area (Å²) in [7, 11) is 0. The second kappa shape index (κ2) is 12.2. The van der Waals surface area contributed by atoms with Crippen molar-refractivity contribution >= 4 is 17.4 Å². The molecule has 4 saturated carbocycles. The molecule has 1 aromatic carbocycles. The van der Waals surface area contributed by atoms with Gasteiger partial charge in [-0.05, 0) is 145 Å². The monoisotopic (exact) mass is 644 g/mol. The topological polar surface area (TPSA) is 87.7 Å². The molecule has 6 heteroatoms. The number of carboxylic acids is 1. The van der Waals surface area contributed by atoms with Gasteiger partial charge in [0.15, 0.2) is 0 Å². The van der Waals surface area contributed by atoms with Gasteiger partial charge in [-0.25, -0.2) is 10.3 Å². The van der Waals surface area contributed by atoms with Crippen LogP contribution in [0.1, 0.15) is 122 Å². The number of benzene rings is 1. The standard InChI is InChI=1S/C41H60N2O4/c1-26(2)30-15-20-41(25-47-43-24-23-42-27(3)44)22-21-39(7)32(35(30)41)13-14-34-38(6)18-16-31(28-9-11-29(12-10-28)36(45)46)37(4,5)33(38)17-19-40(34,39)8/h9-12,16,30,32-35,43H,1,13-15,17-25H2,2-8H3,(H,42,44)(H,45,46)/t30-,32?,33?,34?,35?,38-,39+,40+,41+/m0/s1. The van der Waals surface area contributed by atoms with Gasteiger partial charge in [0.2, 0.25) is 5.91 Å². The first-order valence-electron chi connectivity index (χ1n) is 18.4. The number of allylic oxidation sites excluding steroid dienone is 3. The van der Waals surface area contributed by atoms with Crippen LogP contribution in [-0.4, -0.2) is 36.7 Å². The molecule has 4 fully saturated rings. The second-order valence-corrected chi connectivity index (χ2v) is 17.6. The highest BCUT2D eigenvalue weighted by atomic mass is 16.6. The minimum absolute atomic E-state index is 0.00960. The molecule has 0 radical (unpaired) electrons. The molecule has 0 spiro atoms. The average molecular weight is 645 g/mol. The zero-order valence-electron chi connectivity index (χ0n) is 30.1. The van der Waals surface area contributed by atoms with Gasteiger partial charge < -0.3 is 15.3 Å². The van der Waals surface area contributed by atoms with E-state index in [9.17, 15) is 14.7 Å². The Labute approximate surface area is 283 Å². The molecule has 6 rings (SSSR count). The van der Waals surface area contributed by atoms with Gasteiger partial charge in [-0.15, -0.1) is 0 Å². The average Bonchev–Trinajstić information content (AvgIpc) is 3.39. The summed E-state index contributed by atoms with van der Waals surface area (Å²) in [5.74, 6) is 2.20. The Morgan fingerprint density at radius 1 is 0.894 bits per heavy atom. The van der Waals surface area contributed by atoms with Crippen molar-refractivity contribution in [3.8, 4) is 0 Å². The molecule has 1 aromatic rings. The molecule has 9 atom stereocenters. The maximum atomic E-state index is 11.5. The number of carbonyl (C=O) groups excluding carboxylic acids is 1. The molecular formula is C41H60N2O4. The van der Waals surface area contributed by atoms with Crippen LogP contribution in [-0.2, 0) is 9.63 Å². The molecule has 258 valence electrons. The molecule has 0 aromatic heterocycles. The number of carbonyl (C=O) groups is 2. The fourth-order valence-electron chi connectivity index (χ4n) is 13.0. The number of carboxylic acid groups (broad SMARTS) is 1. The van der Waals surface area contributed by atoms with Crippen LogP contribution in [0.5, 0.6) is 0 Å². The van der Waals surface area contributed by atoms with Crippen LogP contribution in [0.4, 0.5) is 0 Å². The van der Waals surface area contributed by atoms with Crippen LogP contribution in [0.3, 0.4) is 0 Å². The Bertz CT molecular complexity index is 1430. The molecule has 1 amide bonds. The highest BCUT2D eigenvalue weighted by Crippen LogP contribution is 2.77. The van der Waals surface area contributed by atoms with Crippen LogP contribution in [0.2, 0.25) is 0 Å². The number of nitrogens with one attached hydrogen (secondary N) is 2. The lowest BCUT2D eigenvalue weighted by Crippen LogP contribution is -2.65. The van der Waals surface area contributed by atoms with Gasteiger partial charge in [0, 0.05) is 20.0 Å². The van der Waals surface area contributed by atoms with E-state index in [2.05, 4.69) is 65.0 Å². The number of amides is 1. The smallest absolute Gasteiger partial charge is 0.335 e. The fraction of sp³-hybridized carbons (Fsp3) is 0.707. The van der Waals surface area contributed by atoms with Crippen molar-refractivity contribution in [2.24, 2.45) is 56.7 Å². The Balaban J connectivity index is 1.27. The lowest BCUT2D eigenvalue weighted by molar-refractivity contribution is -0.231. The van der Waals surface area contributed by atoms with Gasteiger partial charge in [0.05, 0.1) is 12.2 Å². The third-order valence-electron chi connectivity index (χ3n) is 15.3. The Hall–Kier alpha value is -2.44. The van der Waals surface area contributed by atoms with E-state index in [0.29, 0.717) is 48.2 Å². The maximum Gasteiger partial charge on any atom is 0.335 e. The number of hydrogen-bond acceptors (Lipinski definition) is 4. The molecule has 5 aliphatic rings. The van der Waals surface area contributed by atoms with E-state index in [1.54, 1.807) is 19.1 Å². The summed E-state index contributed by atoms with van der Waals surface area (Å²) in [5.41, 5.74) is 8.41. The third-order valence-corrected chi connectivity index (χ3v) is 15.3. The minimum atomic E-state index is -0.869. The maximum absolute atomic E-state index is 11.5. The number of fused-ring (bicyclic) bond motifs is 7. The first kappa shape index (κ1) is 34.4. The number of aromatic carboxylic acids is 1. The van der Waals surface area contributed by atoms with Crippen molar-refractivity contribution in [1.29, 1.82) is 0 Å². The van der Waals surface area contributed by atoms with Crippen molar-refractivity contribution in [3.63, 3.8) is 0 Å². The Morgan fingerprint density at radius 2 is 1.62 bits per heavy atom. The Kier molecular flexibility index (Phi) is 8.90. The fourth-order valence-corrected chi connectivity index (χ4v) is 13.0. The van der Waals surface area contributed by atoms with E-state index in [-0.39, 0.29) is 33.0 Å². The molecule has 47 heavy (non-hydrogen) atoms. The van der Waals surface area contributed by atoms with Gasteiger partial charge >= 0.3 is 5.97 Å². The SMILES string of the molecule is C=C(C)[C@@H]1CC[C@]2(CONCCNC(C)=O)CC[C@]3(C)C(CCC4[C@@]5(C)CC=C(c6ccc(C(=O)O)cc6)C(C)(C)C5CC[C@]43C)C12. The summed E-state index contributed by atoms with van der Waals surface area (Å²) in [6.45, 7) is 23.2. The van der Waals surface area contributed by atoms with E-state index in [0.717, 1.165) is 13.0 Å². The third kappa shape index (κ3) is 5.35. The molecule has 0 heterocycles. The molecule has 4 unspecified atom stereocenters. The minimum Gasteiger partial charge on any atom is -0.478 e. The molecule has 3 N–H and O–H groups in total. The lowest BCUT2D eigenvalue weighted by Gasteiger charge is -2.72. The molecule has 0 saturated heterocycles. The first-order chi connectivity index (χ1) is 22.1. The zero-order valence-corrected chi connectivity index (χ0v) is 30.1. The first-order valence-corrected chi connectivity index (χ1v) is 18.4. The molecule has 0 bridgehead atoms. The number of hydrogen-bond donors (Lipinski definition) is 3. The van der Waals surface area contributed by atoms with Crippen molar-refractivity contribution in [1.82, 2.24) is 10.8 Å². The van der Waals surface area contributed by atoms with E-state index in [1.807, 2.05) is 12.1 Å². The lowest BCUT2D eigenvalue weighted by atomic mass is 9.32. The van der Waals surface area contributed by atoms with Crippen molar-refractivity contribution in [3.05, 3.63) is 53.6 Å². The van der Waals surface area contributed by atoms with Gasteiger partial charge in [-0.3, -0.25) is 4.79 Å². The zero-order chi connectivity index (χ0) is 34.0. The molecular weight excluding hydrogens is 584 g/mol. The van der Waals surface area contributed by atoms with E-state index < -0.39 is 5.97 Å². The van der Waals surface area contributed by atoms with Crippen molar-refractivity contribution in [2.45, 2.75) is 106 Å². The number of hydroxylamine groups is 1. The highest BCUT2D eigenvalue weighted by Gasteiger charge is 2.70. The van der Waals surface area contributed by atoms with Crippen molar-refractivity contribution < 1.29 is 19.5 Å². The van der Waals surface area contributed by atoms with Crippen LogP contribution in [0, 0.1) is 56.7 Å². The van der Waals surface area contributed by atoms with E-state index in [1.165, 1.54) is 68.1 Å². The molecule has 6 nitrogen and oxygen atoms in total. The predicted octanol–water partition coefficient (Wildman–Crippen LogP) is 8.69. The highest BCUT2D eigenvalue weighted by molar-refractivity contribution is 5.88. The van der Waals surface area contributed by atoms with Crippen LogP contribution < -0.4 is 10.8 Å². The normalized spacial score (nSPS) is 40.2. The number of rotatable bonds is 9. The summed E-state index contributed by atoms with van der Waals surface area (Å²) in [6.07, 6.45) is 13.6.